The van der Waals surface area contributed by atoms with Gasteiger partial charge < -0.3 is 10.6 Å². The van der Waals surface area contributed by atoms with Crippen LogP contribution in [0.25, 0.3) is 11.3 Å². The highest BCUT2D eigenvalue weighted by atomic mass is 19.2. The van der Waals surface area contributed by atoms with Gasteiger partial charge in [0.2, 0.25) is 5.91 Å². The van der Waals surface area contributed by atoms with Crippen LogP contribution < -0.4 is 10.6 Å². The van der Waals surface area contributed by atoms with Gasteiger partial charge in [0.05, 0.1) is 24.3 Å². The van der Waals surface area contributed by atoms with Crippen molar-refractivity contribution < 1.29 is 22.8 Å². The van der Waals surface area contributed by atoms with Gasteiger partial charge in [0.15, 0.2) is 17.5 Å². The lowest BCUT2D eigenvalue weighted by molar-refractivity contribution is -0.115. The van der Waals surface area contributed by atoms with E-state index in [2.05, 4.69) is 15.7 Å². The van der Waals surface area contributed by atoms with Crippen molar-refractivity contribution in [1.29, 1.82) is 0 Å². The fraction of sp³-hybridized carbons (Fsp3) is 0.0800. The van der Waals surface area contributed by atoms with E-state index in [9.17, 15) is 22.8 Å². The summed E-state index contributed by atoms with van der Waals surface area (Å²) in [5, 5.41) is 9.12. The molecule has 0 aliphatic rings. The lowest BCUT2D eigenvalue weighted by Crippen LogP contribution is -2.33. The number of hydrogen-bond donors (Lipinski definition) is 2. The van der Waals surface area contributed by atoms with E-state index in [4.69, 9.17) is 0 Å². The summed E-state index contributed by atoms with van der Waals surface area (Å²) in [6, 6.07) is 20.3. The number of amides is 2. The first kappa shape index (κ1) is 22.8. The third kappa shape index (κ3) is 5.15. The molecular formula is C25H19F3N4O2. The molecule has 0 radical (unpaired) electrons. The zero-order chi connectivity index (χ0) is 24.1. The molecule has 2 N–H and O–H groups in total. The minimum absolute atomic E-state index is 0.244. The van der Waals surface area contributed by atoms with Crippen molar-refractivity contribution in [3.05, 3.63) is 108 Å². The highest BCUT2D eigenvalue weighted by Crippen LogP contribution is 2.23. The molecule has 6 nitrogen and oxygen atoms in total. The lowest BCUT2D eigenvalue weighted by atomic mass is 10.1. The molecule has 4 rings (SSSR count). The maximum Gasteiger partial charge on any atom is 0.255 e. The van der Waals surface area contributed by atoms with Crippen molar-refractivity contribution in [2.24, 2.45) is 0 Å². The maximum absolute atomic E-state index is 13.8. The highest BCUT2D eigenvalue weighted by molar-refractivity contribution is 6.02. The first-order valence-corrected chi connectivity index (χ1v) is 10.3. The van der Waals surface area contributed by atoms with E-state index in [0.29, 0.717) is 23.9 Å². The van der Waals surface area contributed by atoms with E-state index >= 15 is 0 Å². The second kappa shape index (κ2) is 10.0. The summed E-state index contributed by atoms with van der Waals surface area (Å²) >= 11 is 0. The number of nitrogens with zero attached hydrogens (tertiary/aromatic N) is 2. The maximum atomic E-state index is 13.8. The summed E-state index contributed by atoms with van der Waals surface area (Å²) in [6.45, 7) is -0.0841. The molecule has 1 heterocycles. The van der Waals surface area contributed by atoms with Gasteiger partial charge in [0, 0.05) is 11.8 Å². The molecule has 4 aromatic rings. The Hall–Kier alpha value is -4.40. The summed E-state index contributed by atoms with van der Waals surface area (Å²) in [6.07, 6.45) is 1.58. The van der Waals surface area contributed by atoms with Crippen LogP contribution in [-0.2, 0) is 11.3 Å². The van der Waals surface area contributed by atoms with E-state index in [1.165, 1.54) is 0 Å². The van der Waals surface area contributed by atoms with E-state index in [-0.39, 0.29) is 5.56 Å². The summed E-state index contributed by atoms with van der Waals surface area (Å²) in [5.41, 5.74) is 1.85. The number of hydrogen-bond acceptors (Lipinski definition) is 3. The zero-order valence-electron chi connectivity index (χ0n) is 17.8. The third-order valence-corrected chi connectivity index (χ3v) is 4.96. The second-order valence-corrected chi connectivity index (χ2v) is 7.39. The molecule has 0 aliphatic heterocycles. The molecule has 34 heavy (non-hydrogen) atoms. The minimum atomic E-state index is -1.69. The molecule has 9 heteroatoms. The fourth-order valence-corrected chi connectivity index (χ4v) is 3.32. The number of rotatable bonds is 7. The molecule has 172 valence electrons. The minimum Gasteiger partial charge on any atom is -0.343 e. The largest absolute Gasteiger partial charge is 0.343 e. The normalized spacial score (nSPS) is 10.7. The van der Waals surface area contributed by atoms with Gasteiger partial charge in [0.25, 0.3) is 5.91 Å². The SMILES string of the molecule is O=C(CNC(=O)c1cn(Cc2ccccc2)nc1-c1ccccc1)Nc1ccc(F)c(F)c1F. The molecule has 0 saturated heterocycles. The average Bonchev–Trinajstić information content (AvgIpc) is 3.28. The van der Waals surface area contributed by atoms with Crippen LogP contribution >= 0.6 is 0 Å². The molecule has 3 aromatic carbocycles. The van der Waals surface area contributed by atoms with E-state index in [0.717, 1.165) is 11.6 Å². The number of carbonyl (C=O) groups excluding carboxylic acids is 2. The highest BCUT2D eigenvalue weighted by Gasteiger charge is 2.20. The van der Waals surface area contributed by atoms with E-state index < -0.39 is 41.5 Å². The Kier molecular flexibility index (Phi) is 6.72. The lowest BCUT2D eigenvalue weighted by Gasteiger charge is -2.08. The van der Waals surface area contributed by atoms with E-state index in [1.54, 1.807) is 10.9 Å². The van der Waals surface area contributed by atoms with Crippen molar-refractivity contribution in [2.75, 3.05) is 11.9 Å². The molecule has 0 saturated carbocycles. The Morgan fingerprint density at radius 2 is 1.53 bits per heavy atom. The molecule has 0 unspecified atom stereocenters. The zero-order valence-corrected chi connectivity index (χ0v) is 17.8. The summed E-state index contributed by atoms with van der Waals surface area (Å²) in [4.78, 5) is 25.1. The monoisotopic (exact) mass is 464 g/mol. The molecule has 0 spiro atoms. The summed E-state index contributed by atoms with van der Waals surface area (Å²) < 4.78 is 41.8. The van der Waals surface area contributed by atoms with Gasteiger partial charge in [-0.15, -0.1) is 0 Å². The van der Waals surface area contributed by atoms with Gasteiger partial charge in [-0.1, -0.05) is 60.7 Å². The van der Waals surface area contributed by atoms with Gasteiger partial charge >= 0.3 is 0 Å². The van der Waals surface area contributed by atoms with Crippen LogP contribution in [0.1, 0.15) is 15.9 Å². The molecule has 2 amide bonds. The smallest absolute Gasteiger partial charge is 0.255 e. The standard InChI is InChI=1S/C25H19F3N4O2/c26-19-11-12-20(23(28)22(19)27)30-21(33)13-29-25(34)18-15-32(14-16-7-3-1-4-8-16)31-24(18)17-9-5-2-6-10-17/h1-12,15H,13-14H2,(H,29,34)(H,30,33). The van der Waals surface area contributed by atoms with Crippen LogP contribution in [0.2, 0.25) is 0 Å². The van der Waals surface area contributed by atoms with Gasteiger partial charge in [-0.2, -0.15) is 5.10 Å². The molecule has 0 atom stereocenters. The number of carbonyl (C=O) groups is 2. The van der Waals surface area contributed by atoms with Crippen LogP contribution in [0.4, 0.5) is 18.9 Å². The van der Waals surface area contributed by atoms with Crippen molar-refractivity contribution in [1.82, 2.24) is 15.1 Å². The van der Waals surface area contributed by atoms with Crippen molar-refractivity contribution in [3.63, 3.8) is 0 Å². The Morgan fingerprint density at radius 3 is 2.24 bits per heavy atom. The van der Waals surface area contributed by atoms with Crippen molar-refractivity contribution in [3.8, 4) is 11.3 Å². The van der Waals surface area contributed by atoms with Crippen LogP contribution in [0.3, 0.4) is 0 Å². The average molecular weight is 464 g/mol. The Morgan fingerprint density at radius 1 is 0.853 bits per heavy atom. The predicted octanol–water partition coefficient (Wildman–Crippen LogP) is 4.38. The van der Waals surface area contributed by atoms with Gasteiger partial charge in [-0.05, 0) is 17.7 Å². The van der Waals surface area contributed by atoms with Gasteiger partial charge in [-0.3, -0.25) is 14.3 Å². The number of halogens is 3. The van der Waals surface area contributed by atoms with Crippen molar-refractivity contribution in [2.45, 2.75) is 6.54 Å². The molecule has 1 aromatic heterocycles. The Labute approximate surface area is 193 Å². The summed E-state index contributed by atoms with van der Waals surface area (Å²) in [7, 11) is 0. The van der Waals surface area contributed by atoms with Crippen LogP contribution in [0.15, 0.2) is 79.0 Å². The second-order valence-electron chi connectivity index (χ2n) is 7.39. The van der Waals surface area contributed by atoms with Crippen LogP contribution in [-0.4, -0.2) is 28.1 Å². The third-order valence-electron chi connectivity index (χ3n) is 4.96. The van der Waals surface area contributed by atoms with Crippen LogP contribution in [0.5, 0.6) is 0 Å². The summed E-state index contributed by atoms with van der Waals surface area (Å²) in [5.74, 6) is -5.96. The van der Waals surface area contributed by atoms with Crippen molar-refractivity contribution >= 4 is 17.5 Å². The first-order chi connectivity index (χ1) is 16.4. The number of anilines is 1. The van der Waals surface area contributed by atoms with Crippen LogP contribution in [0, 0.1) is 17.5 Å². The van der Waals surface area contributed by atoms with Gasteiger partial charge in [-0.25, -0.2) is 13.2 Å². The molecule has 0 fully saturated rings. The fourth-order valence-electron chi connectivity index (χ4n) is 3.32. The molecule has 0 bridgehead atoms. The van der Waals surface area contributed by atoms with E-state index in [1.807, 2.05) is 60.7 Å². The molecule has 0 aliphatic carbocycles. The topological polar surface area (TPSA) is 76.0 Å². The predicted molar refractivity (Wildman–Crippen MR) is 120 cm³/mol. The number of aromatic nitrogens is 2. The number of nitrogens with one attached hydrogen (secondary N) is 2. The first-order valence-electron chi connectivity index (χ1n) is 10.3. The molecular weight excluding hydrogens is 445 g/mol. The number of benzene rings is 3. The Bertz CT molecular complexity index is 1330. The quantitative estimate of drug-likeness (QED) is 0.399. The Balaban J connectivity index is 1.50. The van der Waals surface area contributed by atoms with Gasteiger partial charge in [0.1, 0.15) is 5.69 Å².